The predicted molar refractivity (Wildman–Crippen MR) is 117 cm³/mol. The zero-order valence-electron chi connectivity index (χ0n) is 17.3. The van der Waals surface area contributed by atoms with E-state index in [9.17, 15) is 9.18 Å². The number of H-pyrrole nitrogens is 1. The molecule has 0 aliphatic carbocycles. The van der Waals surface area contributed by atoms with Crippen molar-refractivity contribution in [1.82, 2.24) is 9.88 Å². The maximum absolute atomic E-state index is 13.5. The van der Waals surface area contributed by atoms with Crippen LogP contribution >= 0.6 is 0 Å². The summed E-state index contributed by atoms with van der Waals surface area (Å²) >= 11 is 0. The summed E-state index contributed by atoms with van der Waals surface area (Å²) in [5.74, 6) is 1.23. The SMILES string of the molecule is N[C@H](COc1cccc2ccc(=O)[nH]c12)CN1CCC2(CC1)Cc1cc(F)ccc1O2. The van der Waals surface area contributed by atoms with E-state index in [1.54, 1.807) is 18.2 Å². The number of ether oxygens (including phenoxy) is 2. The van der Waals surface area contributed by atoms with Gasteiger partial charge in [0.1, 0.15) is 29.5 Å². The first-order valence-electron chi connectivity index (χ1n) is 10.7. The Kier molecular flexibility index (Phi) is 5.16. The highest BCUT2D eigenvalue weighted by molar-refractivity contribution is 5.84. The molecule has 1 aromatic heterocycles. The molecule has 1 saturated heterocycles. The molecule has 3 heterocycles. The van der Waals surface area contributed by atoms with Crippen molar-refractivity contribution in [3.63, 3.8) is 0 Å². The average molecular weight is 423 g/mol. The average Bonchev–Trinajstić information content (AvgIpc) is 3.11. The Bertz CT molecular complexity index is 1150. The molecule has 0 saturated carbocycles. The normalized spacial score (nSPS) is 18.6. The van der Waals surface area contributed by atoms with Crippen LogP contribution in [0.2, 0.25) is 0 Å². The van der Waals surface area contributed by atoms with Gasteiger partial charge in [-0.15, -0.1) is 0 Å². The highest BCUT2D eigenvalue weighted by Crippen LogP contribution is 2.41. The molecule has 7 heteroatoms. The smallest absolute Gasteiger partial charge is 0.248 e. The van der Waals surface area contributed by atoms with Crippen molar-refractivity contribution in [2.24, 2.45) is 5.73 Å². The maximum atomic E-state index is 13.5. The molecular weight excluding hydrogens is 397 g/mol. The molecule has 31 heavy (non-hydrogen) atoms. The summed E-state index contributed by atoms with van der Waals surface area (Å²) in [5.41, 5.74) is 7.62. The van der Waals surface area contributed by atoms with Gasteiger partial charge in [0.25, 0.3) is 0 Å². The van der Waals surface area contributed by atoms with E-state index in [1.807, 2.05) is 18.2 Å². The topological polar surface area (TPSA) is 80.6 Å². The number of piperidine rings is 1. The van der Waals surface area contributed by atoms with E-state index in [0.717, 1.165) is 55.6 Å². The standard InChI is InChI=1S/C24H26FN3O3/c25-18-5-6-20-17(12-18)13-24(31-20)8-10-28(11-9-24)14-19(26)15-30-21-3-1-2-16-4-7-22(29)27-23(16)21/h1-7,12,19H,8-11,13-15,26H2,(H,27,29)/t19-/m0/s1. The maximum Gasteiger partial charge on any atom is 0.248 e. The number of nitrogens with zero attached hydrogens (tertiary/aromatic N) is 1. The number of hydrogen-bond acceptors (Lipinski definition) is 5. The summed E-state index contributed by atoms with van der Waals surface area (Å²) in [4.78, 5) is 16.8. The summed E-state index contributed by atoms with van der Waals surface area (Å²) in [6, 6.07) is 13.6. The van der Waals surface area contributed by atoms with Crippen molar-refractivity contribution in [1.29, 1.82) is 0 Å². The van der Waals surface area contributed by atoms with Crippen LogP contribution in [0.25, 0.3) is 10.9 Å². The molecule has 1 fully saturated rings. The third-order valence-electron chi connectivity index (χ3n) is 6.30. The van der Waals surface area contributed by atoms with Gasteiger partial charge in [-0.2, -0.15) is 0 Å². The third-order valence-corrected chi connectivity index (χ3v) is 6.30. The van der Waals surface area contributed by atoms with Crippen LogP contribution in [0.3, 0.4) is 0 Å². The zero-order chi connectivity index (χ0) is 21.4. The lowest BCUT2D eigenvalue weighted by molar-refractivity contribution is 0.0166. The van der Waals surface area contributed by atoms with Crippen molar-refractivity contribution < 1.29 is 13.9 Å². The summed E-state index contributed by atoms with van der Waals surface area (Å²) in [5, 5.41) is 0.921. The number of nitrogens with one attached hydrogen (secondary N) is 1. The van der Waals surface area contributed by atoms with Crippen LogP contribution in [-0.4, -0.2) is 47.8 Å². The van der Waals surface area contributed by atoms with Gasteiger partial charge in [-0.25, -0.2) is 4.39 Å². The number of pyridine rings is 1. The summed E-state index contributed by atoms with van der Waals surface area (Å²) < 4.78 is 25.7. The number of halogens is 1. The predicted octanol–water partition coefficient (Wildman–Crippen LogP) is 2.84. The summed E-state index contributed by atoms with van der Waals surface area (Å²) in [6.07, 6.45) is 2.55. The fourth-order valence-electron chi connectivity index (χ4n) is 4.68. The molecular formula is C24H26FN3O3. The minimum Gasteiger partial charge on any atom is -0.490 e. The number of para-hydroxylation sites is 1. The first kappa shape index (κ1) is 20.0. The lowest BCUT2D eigenvalue weighted by atomic mass is 9.87. The zero-order valence-corrected chi connectivity index (χ0v) is 17.3. The quantitative estimate of drug-likeness (QED) is 0.660. The van der Waals surface area contributed by atoms with Crippen molar-refractivity contribution >= 4 is 10.9 Å². The second-order valence-corrected chi connectivity index (χ2v) is 8.63. The molecule has 2 aromatic carbocycles. The molecule has 3 aromatic rings. The number of fused-ring (bicyclic) bond motifs is 2. The summed E-state index contributed by atoms with van der Waals surface area (Å²) in [6.45, 7) is 2.84. The van der Waals surface area contributed by atoms with E-state index in [2.05, 4.69) is 9.88 Å². The number of nitrogens with two attached hydrogens (primary N) is 1. The molecule has 2 aliphatic heterocycles. The number of aromatic amines is 1. The largest absolute Gasteiger partial charge is 0.490 e. The van der Waals surface area contributed by atoms with Crippen LogP contribution in [-0.2, 0) is 6.42 Å². The lowest BCUT2D eigenvalue weighted by Crippen LogP contribution is -2.51. The molecule has 5 rings (SSSR count). The van der Waals surface area contributed by atoms with Gasteiger partial charge >= 0.3 is 0 Å². The van der Waals surface area contributed by atoms with Gasteiger partial charge < -0.3 is 25.1 Å². The number of hydrogen-bond donors (Lipinski definition) is 2. The minimum absolute atomic E-state index is 0.157. The Morgan fingerprint density at radius 1 is 1.19 bits per heavy atom. The number of likely N-dealkylation sites (tertiary alicyclic amines) is 1. The van der Waals surface area contributed by atoms with Gasteiger partial charge in [-0.3, -0.25) is 4.79 Å². The number of rotatable bonds is 5. The molecule has 2 aliphatic rings. The van der Waals surface area contributed by atoms with Crippen LogP contribution in [0.1, 0.15) is 18.4 Å². The first-order valence-corrected chi connectivity index (χ1v) is 10.7. The summed E-state index contributed by atoms with van der Waals surface area (Å²) in [7, 11) is 0. The van der Waals surface area contributed by atoms with Crippen LogP contribution in [0.4, 0.5) is 4.39 Å². The van der Waals surface area contributed by atoms with Crippen molar-refractivity contribution in [3.05, 3.63) is 70.3 Å². The Morgan fingerprint density at radius 2 is 2.03 bits per heavy atom. The Hall–Kier alpha value is -2.90. The van der Waals surface area contributed by atoms with E-state index < -0.39 is 0 Å². The monoisotopic (exact) mass is 423 g/mol. The van der Waals surface area contributed by atoms with E-state index in [-0.39, 0.29) is 23.0 Å². The van der Waals surface area contributed by atoms with Gasteiger partial charge in [0.2, 0.25) is 5.56 Å². The van der Waals surface area contributed by atoms with Crippen LogP contribution in [0, 0.1) is 5.82 Å². The first-order chi connectivity index (χ1) is 15.0. The third kappa shape index (κ3) is 4.16. The molecule has 0 amide bonds. The Balaban J connectivity index is 1.15. The van der Waals surface area contributed by atoms with Crippen LogP contribution < -0.4 is 20.8 Å². The highest BCUT2D eigenvalue weighted by atomic mass is 19.1. The van der Waals surface area contributed by atoms with Gasteiger partial charge in [0.15, 0.2) is 0 Å². The van der Waals surface area contributed by atoms with E-state index in [0.29, 0.717) is 17.9 Å². The molecule has 3 N–H and O–H groups in total. The number of aromatic nitrogens is 1. The molecule has 1 spiro atoms. The molecule has 0 bridgehead atoms. The van der Waals surface area contributed by atoms with Gasteiger partial charge in [0, 0.05) is 55.9 Å². The van der Waals surface area contributed by atoms with Gasteiger partial charge in [-0.1, -0.05) is 12.1 Å². The second-order valence-electron chi connectivity index (χ2n) is 8.63. The lowest BCUT2D eigenvalue weighted by Gasteiger charge is -2.39. The fourth-order valence-corrected chi connectivity index (χ4v) is 4.68. The highest BCUT2D eigenvalue weighted by Gasteiger charge is 2.42. The molecule has 6 nitrogen and oxygen atoms in total. The van der Waals surface area contributed by atoms with Gasteiger partial charge in [-0.05, 0) is 30.3 Å². The molecule has 162 valence electrons. The van der Waals surface area contributed by atoms with Crippen molar-refractivity contribution in [2.45, 2.75) is 30.9 Å². The van der Waals surface area contributed by atoms with Crippen molar-refractivity contribution in [3.8, 4) is 11.5 Å². The van der Waals surface area contributed by atoms with Crippen LogP contribution in [0.5, 0.6) is 11.5 Å². The molecule has 0 radical (unpaired) electrons. The van der Waals surface area contributed by atoms with Crippen LogP contribution in [0.15, 0.2) is 53.3 Å². The van der Waals surface area contributed by atoms with E-state index in [4.69, 9.17) is 15.2 Å². The van der Waals surface area contributed by atoms with E-state index in [1.165, 1.54) is 12.1 Å². The van der Waals surface area contributed by atoms with E-state index >= 15 is 0 Å². The second kappa shape index (κ2) is 7.98. The number of benzene rings is 2. The molecule has 0 unspecified atom stereocenters. The van der Waals surface area contributed by atoms with Gasteiger partial charge in [0.05, 0.1) is 11.6 Å². The fraction of sp³-hybridized carbons (Fsp3) is 0.375. The Labute approximate surface area is 179 Å². The molecule has 1 atom stereocenters. The minimum atomic E-state index is -0.220. The van der Waals surface area contributed by atoms with Crippen molar-refractivity contribution in [2.75, 3.05) is 26.2 Å². The Morgan fingerprint density at radius 3 is 2.87 bits per heavy atom.